The molecule has 186 valence electrons. The summed E-state index contributed by atoms with van der Waals surface area (Å²) in [6.07, 6.45) is 2.61. The number of nitrogens with one attached hydrogen (secondary N) is 1. The number of aryl methyl sites for hydroxylation is 1. The van der Waals surface area contributed by atoms with Crippen molar-refractivity contribution < 1.29 is 19.1 Å². The van der Waals surface area contributed by atoms with Gasteiger partial charge in [-0.3, -0.25) is 9.59 Å². The van der Waals surface area contributed by atoms with E-state index >= 15 is 0 Å². The van der Waals surface area contributed by atoms with Crippen LogP contribution in [0.3, 0.4) is 0 Å². The Bertz CT molecular complexity index is 1260. The summed E-state index contributed by atoms with van der Waals surface area (Å²) in [6, 6.07) is 20.7. The molecule has 0 spiro atoms. The van der Waals surface area contributed by atoms with Gasteiger partial charge in [0.05, 0.1) is 19.2 Å². The number of methoxy groups -OCH3 is 1. The van der Waals surface area contributed by atoms with Crippen molar-refractivity contribution in [2.24, 2.45) is 11.0 Å². The fourth-order valence-corrected chi connectivity index (χ4v) is 4.15. The summed E-state index contributed by atoms with van der Waals surface area (Å²) in [5.74, 6) is 0.272. The van der Waals surface area contributed by atoms with E-state index in [4.69, 9.17) is 21.1 Å². The molecule has 1 aliphatic rings. The molecule has 0 bridgehead atoms. The molecule has 1 N–H and O–H groups in total. The Morgan fingerprint density at radius 1 is 1.14 bits per heavy atom. The van der Waals surface area contributed by atoms with Crippen molar-refractivity contribution in [3.63, 3.8) is 0 Å². The van der Waals surface area contributed by atoms with Crippen LogP contribution in [0.5, 0.6) is 11.5 Å². The van der Waals surface area contributed by atoms with Gasteiger partial charge >= 0.3 is 0 Å². The second-order valence-electron chi connectivity index (χ2n) is 8.45. The Kier molecular flexibility index (Phi) is 8.23. The quantitative estimate of drug-likeness (QED) is 0.328. The van der Waals surface area contributed by atoms with Crippen molar-refractivity contribution in [2.45, 2.75) is 26.4 Å². The van der Waals surface area contributed by atoms with E-state index in [1.165, 1.54) is 11.8 Å². The third-order valence-electron chi connectivity index (χ3n) is 6.07. The standard InChI is InChI=1S/C28H28ClN3O4/c1-3-19-8-11-23(12-9-19)32-17-22(15-27(32)33)28(34)31-30-16-20-10-13-25(26(14-20)35-2)36-18-21-6-4-5-7-24(21)29/h4-14,16,22H,3,15,17-18H2,1-2H3,(H,31,34)/b30-16+/t22-/m0/s1. The minimum atomic E-state index is -0.462. The van der Waals surface area contributed by atoms with Crippen LogP contribution in [0.1, 0.15) is 30.0 Å². The van der Waals surface area contributed by atoms with E-state index in [1.54, 1.807) is 30.2 Å². The fourth-order valence-electron chi connectivity index (χ4n) is 3.96. The van der Waals surface area contributed by atoms with Crippen molar-refractivity contribution in [3.8, 4) is 11.5 Å². The molecule has 2 amide bonds. The molecule has 1 atom stereocenters. The lowest BCUT2D eigenvalue weighted by Gasteiger charge is -2.16. The number of halogens is 1. The number of anilines is 1. The second-order valence-corrected chi connectivity index (χ2v) is 8.86. The van der Waals surface area contributed by atoms with Gasteiger partial charge in [0.15, 0.2) is 11.5 Å². The number of hydrogen-bond donors (Lipinski definition) is 1. The molecule has 7 nitrogen and oxygen atoms in total. The monoisotopic (exact) mass is 505 g/mol. The Labute approximate surface area is 215 Å². The maximum Gasteiger partial charge on any atom is 0.245 e. The Balaban J connectivity index is 1.33. The number of carbonyl (C=O) groups excluding carboxylic acids is 2. The van der Waals surface area contributed by atoms with Crippen LogP contribution in [-0.2, 0) is 22.6 Å². The molecular weight excluding hydrogens is 478 g/mol. The number of rotatable bonds is 9. The second kappa shape index (κ2) is 11.7. The summed E-state index contributed by atoms with van der Waals surface area (Å²) in [7, 11) is 1.55. The molecule has 1 heterocycles. The van der Waals surface area contributed by atoms with Crippen LogP contribution in [0.15, 0.2) is 71.8 Å². The minimum Gasteiger partial charge on any atom is -0.493 e. The highest BCUT2D eigenvalue weighted by Gasteiger charge is 2.35. The molecule has 4 rings (SSSR count). The van der Waals surface area contributed by atoms with E-state index in [2.05, 4.69) is 17.5 Å². The zero-order valence-electron chi connectivity index (χ0n) is 20.2. The van der Waals surface area contributed by atoms with Crippen LogP contribution in [0.25, 0.3) is 0 Å². The van der Waals surface area contributed by atoms with Gasteiger partial charge in [0, 0.05) is 29.2 Å². The van der Waals surface area contributed by atoms with Crippen LogP contribution >= 0.6 is 11.6 Å². The van der Waals surface area contributed by atoms with Crippen LogP contribution < -0.4 is 19.8 Å². The van der Waals surface area contributed by atoms with Crippen molar-refractivity contribution in [3.05, 3.63) is 88.4 Å². The van der Waals surface area contributed by atoms with Crippen molar-refractivity contribution in [2.75, 3.05) is 18.6 Å². The zero-order valence-corrected chi connectivity index (χ0v) is 21.0. The van der Waals surface area contributed by atoms with Crippen molar-refractivity contribution in [1.29, 1.82) is 0 Å². The largest absolute Gasteiger partial charge is 0.493 e. The van der Waals surface area contributed by atoms with Crippen LogP contribution in [0.4, 0.5) is 5.69 Å². The summed E-state index contributed by atoms with van der Waals surface area (Å²) in [5, 5.41) is 4.71. The highest BCUT2D eigenvalue weighted by Crippen LogP contribution is 2.29. The van der Waals surface area contributed by atoms with Gasteiger partial charge in [-0.1, -0.05) is 48.9 Å². The summed E-state index contributed by atoms with van der Waals surface area (Å²) in [4.78, 5) is 26.8. The van der Waals surface area contributed by atoms with E-state index in [0.29, 0.717) is 29.7 Å². The van der Waals surface area contributed by atoms with Gasteiger partial charge in [-0.25, -0.2) is 5.43 Å². The highest BCUT2D eigenvalue weighted by atomic mass is 35.5. The maximum atomic E-state index is 12.6. The van der Waals surface area contributed by atoms with E-state index < -0.39 is 5.92 Å². The third-order valence-corrected chi connectivity index (χ3v) is 6.44. The van der Waals surface area contributed by atoms with Crippen LogP contribution in [-0.4, -0.2) is 31.7 Å². The molecule has 0 radical (unpaired) electrons. The first-order chi connectivity index (χ1) is 17.5. The number of benzene rings is 3. The summed E-state index contributed by atoms with van der Waals surface area (Å²) in [5.41, 5.74) is 6.15. The Morgan fingerprint density at radius 2 is 1.92 bits per heavy atom. The number of hydrogen-bond acceptors (Lipinski definition) is 5. The molecular formula is C28H28ClN3O4. The zero-order chi connectivity index (χ0) is 25.5. The summed E-state index contributed by atoms with van der Waals surface area (Å²) in [6.45, 7) is 2.72. The Morgan fingerprint density at radius 3 is 2.64 bits per heavy atom. The lowest BCUT2D eigenvalue weighted by Crippen LogP contribution is -2.30. The Hall–Kier alpha value is -3.84. The lowest BCUT2D eigenvalue weighted by atomic mass is 10.1. The average Bonchev–Trinajstić information content (AvgIpc) is 3.30. The number of amides is 2. The summed E-state index contributed by atoms with van der Waals surface area (Å²) >= 11 is 6.19. The van der Waals surface area contributed by atoms with Gasteiger partial charge in [-0.05, 0) is 53.9 Å². The minimum absolute atomic E-state index is 0.0690. The van der Waals surface area contributed by atoms with Gasteiger partial charge in [0.25, 0.3) is 0 Å². The molecule has 3 aromatic rings. The molecule has 0 aromatic heterocycles. The first-order valence-electron chi connectivity index (χ1n) is 11.7. The van der Waals surface area contributed by atoms with E-state index in [1.807, 2.05) is 48.5 Å². The third kappa shape index (κ3) is 6.04. The molecule has 3 aromatic carbocycles. The molecule has 1 fully saturated rings. The topological polar surface area (TPSA) is 80.2 Å². The van der Waals surface area contributed by atoms with Gasteiger partial charge in [-0.2, -0.15) is 5.10 Å². The normalized spacial score (nSPS) is 15.4. The SMILES string of the molecule is CCc1ccc(N2C[C@@H](C(=O)N/N=C/c3ccc(OCc4ccccc4Cl)c(OC)c3)CC2=O)cc1. The first kappa shape index (κ1) is 25.3. The number of nitrogens with zero attached hydrogens (tertiary/aromatic N) is 2. The predicted molar refractivity (Wildman–Crippen MR) is 141 cm³/mol. The molecule has 0 saturated carbocycles. The van der Waals surface area contributed by atoms with Crippen molar-refractivity contribution >= 4 is 35.3 Å². The number of ether oxygens (including phenoxy) is 2. The predicted octanol–water partition coefficient (Wildman–Crippen LogP) is 4.99. The van der Waals surface area contributed by atoms with Crippen LogP contribution in [0.2, 0.25) is 5.02 Å². The van der Waals surface area contributed by atoms with E-state index in [-0.39, 0.29) is 18.2 Å². The molecule has 0 unspecified atom stereocenters. The van der Waals surface area contributed by atoms with Crippen molar-refractivity contribution in [1.82, 2.24) is 5.43 Å². The highest BCUT2D eigenvalue weighted by molar-refractivity contribution is 6.31. The van der Waals surface area contributed by atoms with Gasteiger partial charge in [0.1, 0.15) is 6.61 Å². The van der Waals surface area contributed by atoms with Gasteiger partial charge in [-0.15, -0.1) is 0 Å². The van der Waals surface area contributed by atoms with Crippen LogP contribution in [0, 0.1) is 5.92 Å². The van der Waals surface area contributed by atoms with E-state index in [0.717, 1.165) is 23.2 Å². The average molecular weight is 506 g/mol. The molecule has 0 aliphatic carbocycles. The lowest BCUT2D eigenvalue weighted by molar-refractivity contribution is -0.126. The summed E-state index contributed by atoms with van der Waals surface area (Å²) < 4.78 is 11.3. The smallest absolute Gasteiger partial charge is 0.245 e. The number of carbonyl (C=O) groups is 2. The van der Waals surface area contributed by atoms with Gasteiger partial charge < -0.3 is 14.4 Å². The van der Waals surface area contributed by atoms with Gasteiger partial charge in [0.2, 0.25) is 11.8 Å². The molecule has 1 aliphatic heterocycles. The number of hydrazone groups is 1. The fraction of sp³-hybridized carbons (Fsp3) is 0.250. The first-order valence-corrected chi connectivity index (χ1v) is 12.1. The molecule has 1 saturated heterocycles. The molecule has 8 heteroatoms. The van der Waals surface area contributed by atoms with E-state index in [9.17, 15) is 9.59 Å². The maximum absolute atomic E-state index is 12.6. The molecule has 36 heavy (non-hydrogen) atoms.